The number of nitrogens with zero attached hydrogens (tertiary/aromatic N) is 2. The Labute approximate surface area is 151 Å². The third kappa shape index (κ3) is 4.84. The van der Waals surface area contributed by atoms with Crippen molar-refractivity contribution in [2.75, 3.05) is 46.0 Å². The minimum Gasteiger partial charge on any atom is -0.484 e. The Morgan fingerprint density at radius 3 is 2.68 bits per heavy atom. The van der Waals surface area contributed by atoms with E-state index in [0.717, 1.165) is 0 Å². The van der Waals surface area contributed by atoms with E-state index >= 15 is 0 Å². The predicted octanol–water partition coefficient (Wildman–Crippen LogP) is 0.963. The first-order valence-corrected chi connectivity index (χ1v) is 8.59. The molecule has 2 aliphatic heterocycles. The molecule has 0 unspecified atom stereocenters. The van der Waals surface area contributed by atoms with E-state index in [-0.39, 0.29) is 31.0 Å². The topological polar surface area (TPSA) is 79.3 Å². The molecule has 7 nitrogen and oxygen atoms in total. The van der Waals surface area contributed by atoms with Gasteiger partial charge in [0.25, 0.3) is 5.91 Å². The molecule has 2 atom stereocenters. The van der Waals surface area contributed by atoms with E-state index in [4.69, 9.17) is 26.2 Å². The summed E-state index contributed by atoms with van der Waals surface area (Å²) in [5.74, 6) is -0.282. The van der Waals surface area contributed by atoms with Gasteiger partial charge in [0.2, 0.25) is 0 Å². The fourth-order valence-corrected chi connectivity index (χ4v) is 3.39. The lowest BCUT2D eigenvalue weighted by Crippen LogP contribution is -2.48. The zero-order valence-electron chi connectivity index (χ0n) is 13.8. The summed E-state index contributed by atoms with van der Waals surface area (Å²) in [5, 5.41) is 9.70. The first-order chi connectivity index (χ1) is 12.0. The molecule has 8 heteroatoms. The predicted molar refractivity (Wildman–Crippen MR) is 90.8 cm³/mol. The Balaban J connectivity index is 1.61. The number of carboxylic acid groups (broad SMARTS) is 1. The third-order valence-electron chi connectivity index (χ3n) is 4.45. The molecule has 1 amide bonds. The maximum Gasteiger partial charge on any atom is 0.317 e. The second-order valence-corrected chi connectivity index (χ2v) is 6.86. The molecular weight excluding hydrogens is 348 g/mol. The first-order valence-electron chi connectivity index (χ1n) is 8.21. The Bertz CT molecular complexity index is 624. The summed E-state index contributed by atoms with van der Waals surface area (Å²) in [6, 6.07) is 6.74. The molecule has 0 aliphatic carbocycles. The summed E-state index contributed by atoms with van der Waals surface area (Å²) < 4.78 is 11.2. The van der Waals surface area contributed by atoms with Crippen LogP contribution in [-0.2, 0) is 14.3 Å². The Morgan fingerprint density at radius 2 is 1.96 bits per heavy atom. The lowest BCUT2D eigenvalue weighted by molar-refractivity contribution is -0.139. The Kier molecular flexibility index (Phi) is 5.78. The minimum atomic E-state index is -0.864. The molecule has 1 N–H and O–H groups in total. The van der Waals surface area contributed by atoms with Crippen LogP contribution in [0.4, 0.5) is 0 Å². The molecule has 0 aromatic heterocycles. The zero-order valence-corrected chi connectivity index (χ0v) is 14.5. The van der Waals surface area contributed by atoms with Crippen molar-refractivity contribution in [3.8, 4) is 5.75 Å². The van der Waals surface area contributed by atoms with Crippen molar-refractivity contribution >= 4 is 23.5 Å². The maximum atomic E-state index is 12.6. The lowest BCUT2D eigenvalue weighted by Gasteiger charge is -2.30. The number of fused-ring (bicyclic) bond motifs is 3. The number of carbonyl (C=O) groups is 2. The molecule has 2 heterocycles. The molecule has 25 heavy (non-hydrogen) atoms. The quantitative estimate of drug-likeness (QED) is 0.834. The number of hydrogen-bond donors (Lipinski definition) is 1. The van der Waals surface area contributed by atoms with Gasteiger partial charge in [-0.05, 0) is 24.3 Å². The van der Waals surface area contributed by atoms with Crippen LogP contribution < -0.4 is 4.74 Å². The molecular formula is C17H21ClN2O5. The highest BCUT2D eigenvalue weighted by atomic mass is 35.5. The van der Waals surface area contributed by atoms with E-state index in [1.165, 1.54) is 0 Å². The van der Waals surface area contributed by atoms with Crippen LogP contribution >= 0.6 is 11.6 Å². The van der Waals surface area contributed by atoms with Gasteiger partial charge in [0, 0.05) is 30.6 Å². The van der Waals surface area contributed by atoms with Crippen LogP contribution in [0.2, 0.25) is 5.02 Å². The number of ether oxygens (including phenoxy) is 2. The zero-order chi connectivity index (χ0) is 17.8. The monoisotopic (exact) mass is 368 g/mol. The molecule has 0 radical (unpaired) electrons. The summed E-state index contributed by atoms with van der Waals surface area (Å²) in [5.41, 5.74) is 0. The molecule has 2 bridgehead atoms. The highest BCUT2D eigenvalue weighted by molar-refractivity contribution is 6.30. The fourth-order valence-electron chi connectivity index (χ4n) is 3.27. The molecule has 0 saturated carbocycles. The van der Waals surface area contributed by atoms with Gasteiger partial charge in [0.05, 0.1) is 25.8 Å². The number of halogens is 1. The van der Waals surface area contributed by atoms with Gasteiger partial charge in [-0.2, -0.15) is 0 Å². The van der Waals surface area contributed by atoms with Gasteiger partial charge in [0.1, 0.15) is 5.75 Å². The van der Waals surface area contributed by atoms with E-state index in [9.17, 15) is 9.59 Å². The second-order valence-electron chi connectivity index (χ2n) is 6.42. The summed E-state index contributed by atoms with van der Waals surface area (Å²) in [6.07, 6.45) is 0. The fraction of sp³-hybridized carbons (Fsp3) is 0.529. The van der Waals surface area contributed by atoms with Crippen molar-refractivity contribution in [3.05, 3.63) is 29.3 Å². The van der Waals surface area contributed by atoms with E-state index in [0.29, 0.717) is 43.6 Å². The van der Waals surface area contributed by atoms with Gasteiger partial charge in [0.15, 0.2) is 6.61 Å². The van der Waals surface area contributed by atoms with E-state index in [1.807, 2.05) is 4.90 Å². The standard InChI is InChI=1S/C17H21ClN2O5/c18-13-1-3-15(4-2-13)25-11-16(21)20-6-12-5-19(8-17(22)23)14(7-20)10-24-9-12/h1-4,12,14H,5-11H2,(H,22,23)/t12-,14+/m1/s1. The van der Waals surface area contributed by atoms with Crippen LogP contribution in [0, 0.1) is 5.92 Å². The molecule has 3 rings (SSSR count). The third-order valence-corrected chi connectivity index (χ3v) is 4.70. The maximum absolute atomic E-state index is 12.6. The molecule has 1 aromatic rings. The van der Waals surface area contributed by atoms with Crippen LogP contribution in [0.1, 0.15) is 0 Å². The van der Waals surface area contributed by atoms with Gasteiger partial charge in [-0.15, -0.1) is 0 Å². The number of aliphatic carboxylic acids is 1. The van der Waals surface area contributed by atoms with Crippen molar-refractivity contribution in [3.63, 3.8) is 0 Å². The van der Waals surface area contributed by atoms with Crippen LogP contribution in [0.3, 0.4) is 0 Å². The molecule has 1 aromatic carbocycles. The van der Waals surface area contributed by atoms with Gasteiger partial charge < -0.3 is 19.5 Å². The Morgan fingerprint density at radius 1 is 1.20 bits per heavy atom. The largest absolute Gasteiger partial charge is 0.484 e. The van der Waals surface area contributed by atoms with E-state index in [2.05, 4.69) is 0 Å². The molecule has 0 spiro atoms. The van der Waals surface area contributed by atoms with Crippen molar-refractivity contribution in [2.45, 2.75) is 6.04 Å². The highest BCUT2D eigenvalue weighted by Gasteiger charge is 2.35. The van der Waals surface area contributed by atoms with Crippen LogP contribution in [0.5, 0.6) is 5.75 Å². The molecule has 2 aliphatic rings. The lowest BCUT2D eigenvalue weighted by atomic mass is 10.1. The molecule has 2 fully saturated rings. The van der Waals surface area contributed by atoms with Gasteiger partial charge in [-0.1, -0.05) is 11.6 Å². The summed E-state index contributed by atoms with van der Waals surface area (Å²) in [4.78, 5) is 27.3. The van der Waals surface area contributed by atoms with E-state index in [1.54, 1.807) is 29.2 Å². The SMILES string of the molecule is O=C(O)CN1C[C@H]2COC[C@@H]1CN(C(=O)COc1ccc(Cl)cc1)C2. The van der Waals surface area contributed by atoms with Crippen LogP contribution in [-0.4, -0.2) is 78.8 Å². The number of benzene rings is 1. The second kappa shape index (κ2) is 8.03. The molecule has 2 saturated heterocycles. The van der Waals surface area contributed by atoms with Crippen molar-refractivity contribution < 1.29 is 24.2 Å². The van der Waals surface area contributed by atoms with Gasteiger partial charge in [-0.25, -0.2) is 0 Å². The highest BCUT2D eigenvalue weighted by Crippen LogP contribution is 2.20. The van der Waals surface area contributed by atoms with Crippen LogP contribution in [0.25, 0.3) is 0 Å². The smallest absolute Gasteiger partial charge is 0.317 e. The number of hydrogen-bond acceptors (Lipinski definition) is 5. The van der Waals surface area contributed by atoms with E-state index < -0.39 is 5.97 Å². The normalized spacial score (nSPS) is 23.8. The summed E-state index contributed by atoms with van der Waals surface area (Å²) in [7, 11) is 0. The number of carboxylic acids is 1. The van der Waals surface area contributed by atoms with Crippen molar-refractivity contribution in [1.29, 1.82) is 0 Å². The minimum absolute atomic E-state index is 0.0339. The summed E-state index contributed by atoms with van der Waals surface area (Å²) >= 11 is 5.83. The number of rotatable bonds is 5. The van der Waals surface area contributed by atoms with Crippen molar-refractivity contribution in [1.82, 2.24) is 9.80 Å². The first kappa shape index (κ1) is 18.0. The van der Waals surface area contributed by atoms with Gasteiger partial charge in [-0.3, -0.25) is 14.5 Å². The summed E-state index contributed by atoms with van der Waals surface area (Å²) in [6.45, 7) is 2.51. The van der Waals surface area contributed by atoms with Crippen molar-refractivity contribution in [2.24, 2.45) is 5.92 Å². The number of carbonyl (C=O) groups excluding carboxylic acids is 1. The number of amides is 1. The molecule has 136 valence electrons. The van der Waals surface area contributed by atoms with Gasteiger partial charge >= 0.3 is 5.97 Å². The average molecular weight is 369 g/mol. The average Bonchev–Trinajstić information content (AvgIpc) is 2.83. The van der Waals surface area contributed by atoms with Crippen LogP contribution in [0.15, 0.2) is 24.3 Å². The Hall–Kier alpha value is -1.83.